The Kier molecular flexibility index (Phi) is 8.67. The second-order valence-electron chi connectivity index (χ2n) is 6.68. The lowest BCUT2D eigenvalue weighted by Crippen LogP contribution is -2.38. The van der Waals surface area contributed by atoms with Crippen LogP contribution in [0.4, 0.5) is 4.79 Å². The summed E-state index contributed by atoms with van der Waals surface area (Å²) in [5, 5.41) is 10.3. The lowest BCUT2D eigenvalue weighted by atomic mass is 10.1. The SMILES string of the molecule is CC(C)(C)OC(C)(C)C.CC(C)C(C=O)NC(=O)O. The quantitative estimate of drug-likeness (QED) is 0.776. The number of hydrogen-bond donors (Lipinski definition) is 2. The number of nitrogens with one attached hydrogen (secondary N) is 1. The molecule has 5 heteroatoms. The fraction of sp³-hybridized carbons (Fsp3) is 0.857. The van der Waals surface area contributed by atoms with Crippen molar-refractivity contribution >= 4 is 12.4 Å². The minimum Gasteiger partial charge on any atom is -0.465 e. The third kappa shape index (κ3) is 16.9. The number of amides is 1. The summed E-state index contributed by atoms with van der Waals surface area (Å²) >= 11 is 0. The van der Waals surface area contributed by atoms with Gasteiger partial charge in [0.1, 0.15) is 6.29 Å². The van der Waals surface area contributed by atoms with Crippen LogP contribution in [0.1, 0.15) is 55.4 Å². The molecule has 0 aromatic heterocycles. The molecular formula is C14H29NO4. The van der Waals surface area contributed by atoms with E-state index < -0.39 is 12.1 Å². The van der Waals surface area contributed by atoms with E-state index in [1.54, 1.807) is 13.8 Å². The first-order valence-electron chi connectivity index (χ1n) is 6.43. The molecule has 0 radical (unpaired) electrons. The monoisotopic (exact) mass is 275 g/mol. The third-order valence-corrected chi connectivity index (χ3v) is 1.77. The molecule has 0 aliphatic carbocycles. The lowest BCUT2D eigenvalue weighted by Gasteiger charge is -2.30. The summed E-state index contributed by atoms with van der Waals surface area (Å²) in [6.45, 7) is 16.0. The van der Waals surface area contributed by atoms with Gasteiger partial charge in [-0.25, -0.2) is 4.79 Å². The number of carboxylic acid groups (broad SMARTS) is 1. The van der Waals surface area contributed by atoms with Crippen LogP contribution < -0.4 is 5.32 Å². The molecule has 1 unspecified atom stereocenters. The van der Waals surface area contributed by atoms with E-state index in [1.807, 2.05) is 0 Å². The highest BCUT2D eigenvalue weighted by Crippen LogP contribution is 2.17. The van der Waals surface area contributed by atoms with Crippen molar-refractivity contribution < 1.29 is 19.4 Å². The maximum absolute atomic E-state index is 10.2. The molecule has 0 bridgehead atoms. The van der Waals surface area contributed by atoms with E-state index in [1.165, 1.54) is 0 Å². The van der Waals surface area contributed by atoms with Crippen molar-refractivity contribution in [3.05, 3.63) is 0 Å². The molecule has 0 fully saturated rings. The predicted molar refractivity (Wildman–Crippen MR) is 76.4 cm³/mol. The van der Waals surface area contributed by atoms with E-state index in [2.05, 4.69) is 46.9 Å². The van der Waals surface area contributed by atoms with Crippen molar-refractivity contribution in [2.45, 2.75) is 72.6 Å². The third-order valence-electron chi connectivity index (χ3n) is 1.77. The van der Waals surface area contributed by atoms with Gasteiger partial charge in [0.15, 0.2) is 0 Å². The van der Waals surface area contributed by atoms with Gasteiger partial charge in [-0.2, -0.15) is 0 Å². The Morgan fingerprint density at radius 3 is 1.53 bits per heavy atom. The summed E-state index contributed by atoms with van der Waals surface area (Å²) < 4.78 is 5.62. The zero-order chi connectivity index (χ0) is 15.9. The highest BCUT2D eigenvalue weighted by Gasteiger charge is 2.20. The molecule has 19 heavy (non-hydrogen) atoms. The molecular weight excluding hydrogens is 246 g/mol. The average Bonchev–Trinajstić information content (AvgIpc) is 2.08. The zero-order valence-electron chi connectivity index (χ0n) is 13.4. The second-order valence-corrected chi connectivity index (χ2v) is 6.68. The molecule has 0 aromatic rings. The van der Waals surface area contributed by atoms with E-state index in [-0.39, 0.29) is 17.1 Å². The molecule has 0 spiro atoms. The Morgan fingerprint density at radius 2 is 1.47 bits per heavy atom. The zero-order valence-corrected chi connectivity index (χ0v) is 13.4. The van der Waals surface area contributed by atoms with Gasteiger partial charge < -0.3 is 20.0 Å². The van der Waals surface area contributed by atoms with Gasteiger partial charge in [0.25, 0.3) is 0 Å². The maximum atomic E-state index is 10.2. The van der Waals surface area contributed by atoms with Gasteiger partial charge in [0, 0.05) is 0 Å². The summed E-state index contributed by atoms with van der Waals surface area (Å²) in [6.07, 6.45) is -0.565. The highest BCUT2D eigenvalue weighted by molar-refractivity contribution is 5.71. The van der Waals surface area contributed by atoms with Crippen LogP contribution in [0.3, 0.4) is 0 Å². The molecule has 1 atom stereocenters. The van der Waals surface area contributed by atoms with Crippen LogP contribution in [-0.2, 0) is 9.53 Å². The number of carbonyl (C=O) groups is 2. The van der Waals surface area contributed by atoms with Crippen molar-refractivity contribution in [2.75, 3.05) is 0 Å². The summed E-state index contributed by atoms with van der Waals surface area (Å²) in [7, 11) is 0. The molecule has 0 heterocycles. The largest absolute Gasteiger partial charge is 0.465 e. The summed E-state index contributed by atoms with van der Waals surface area (Å²) in [5.74, 6) is 0.00796. The van der Waals surface area contributed by atoms with Gasteiger partial charge in [-0.05, 0) is 47.5 Å². The van der Waals surface area contributed by atoms with E-state index in [9.17, 15) is 9.59 Å². The molecule has 2 N–H and O–H groups in total. The van der Waals surface area contributed by atoms with Crippen LogP contribution in [0.15, 0.2) is 0 Å². The number of rotatable bonds is 3. The number of ether oxygens (including phenoxy) is 1. The highest BCUT2D eigenvalue weighted by atomic mass is 16.5. The standard InChI is InChI=1S/C8H18O.C6H11NO3/c1-7(2,3)9-8(4,5)6;1-4(2)5(3-8)7-6(9)10/h1-6H3;3-5,7H,1-2H3,(H,9,10). The Balaban J connectivity index is 0. The number of hydrogen-bond acceptors (Lipinski definition) is 3. The Bertz CT molecular complexity index is 262. The van der Waals surface area contributed by atoms with Crippen LogP contribution in [0.25, 0.3) is 0 Å². The molecule has 0 saturated carbocycles. The minimum atomic E-state index is -1.16. The maximum Gasteiger partial charge on any atom is 0.405 e. The van der Waals surface area contributed by atoms with E-state index in [0.717, 1.165) is 0 Å². The first-order chi connectivity index (χ1) is 8.28. The van der Waals surface area contributed by atoms with Crippen LogP contribution in [-0.4, -0.2) is 34.7 Å². The fourth-order valence-corrected chi connectivity index (χ4v) is 1.42. The normalized spacial score (nSPS) is 13.3. The fourth-order valence-electron chi connectivity index (χ4n) is 1.42. The topological polar surface area (TPSA) is 75.6 Å². The number of aldehydes is 1. The van der Waals surface area contributed by atoms with Crippen LogP contribution >= 0.6 is 0 Å². The van der Waals surface area contributed by atoms with Gasteiger partial charge in [-0.15, -0.1) is 0 Å². The first-order valence-corrected chi connectivity index (χ1v) is 6.43. The van der Waals surface area contributed by atoms with Gasteiger partial charge in [0.05, 0.1) is 17.2 Å². The Labute approximate surface area is 116 Å². The van der Waals surface area contributed by atoms with Crippen molar-refractivity contribution in [3.8, 4) is 0 Å². The molecule has 0 saturated heterocycles. The molecule has 0 aliphatic rings. The summed E-state index contributed by atoms with van der Waals surface area (Å²) in [5.41, 5.74) is -0.0312. The van der Waals surface area contributed by atoms with E-state index >= 15 is 0 Å². The van der Waals surface area contributed by atoms with Gasteiger partial charge in [-0.3, -0.25) is 0 Å². The van der Waals surface area contributed by atoms with Crippen molar-refractivity contribution in [1.82, 2.24) is 5.32 Å². The van der Waals surface area contributed by atoms with Crippen molar-refractivity contribution in [1.29, 1.82) is 0 Å². The van der Waals surface area contributed by atoms with E-state index in [4.69, 9.17) is 9.84 Å². The molecule has 1 amide bonds. The van der Waals surface area contributed by atoms with Crippen LogP contribution in [0.5, 0.6) is 0 Å². The second kappa shape index (κ2) is 8.15. The van der Waals surface area contributed by atoms with Crippen molar-refractivity contribution in [3.63, 3.8) is 0 Å². The smallest absolute Gasteiger partial charge is 0.405 e. The summed E-state index contributed by atoms with van der Waals surface area (Å²) in [4.78, 5) is 20.2. The lowest BCUT2D eigenvalue weighted by molar-refractivity contribution is -0.110. The first kappa shape index (κ1) is 20.2. The van der Waals surface area contributed by atoms with E-state index in [0.29, 0.717) is 6.29 Å². The average molecular weight is 275 g/mol. The number of carbonyl (C=O) groups excluding carboxylic acids is 1. The van der Waals surface area contributed by atoms with Gasteiger partial charge in [0.2, 0.25) is 0 Å². The molecule has 0 rings (SSSR count). The molecule has 5 nitrogen and oxygen atoms in total. The van der Waals surface area contributed by atoms with Gasteiger partial charge in [-0.1, -0.05) is 13.8 Å². The van der Waals surface area contributed by atoms with Gasteiger partial charge >= 0.3 is 6.09 Å². The Morgan fingerprint density at radius 1 is 1.11 bits per heavy atom. The molecule has 114 valence electrons. The Hall–Kier alpha value is -1.10. The van der Waals surface area contributed by atoms with Crippen LogP contribution in [0.2, 0.25) is 0 Å². The van der Waals surface area contributed by atoms with Crippen molar-refractivity contribution in [2.24, 2.45) is 5.92 Å². The predicted octanol–water partition coefficient (Wildman–Crippen LogP) is 3.08. The minimum absolute atomic E-state index is 0.00796. The molecule has 0 aliphatic heterocycles. The van der Waals surface area contributed by atoms with Crippen LogP contribution in [0, 0.1) is 5.92 Å². The summed E-state index contributed by atoms with van der Waals surface area (Å²) in [6, 6.07) is -0.586. The molecule has 0 aromatic carbocycles.